The van der Waals surface area contributed by atoms with Gasteiger partial charge in [-0.25, -0.2) is 4.98 Å². The summed E-state index contributed by atoms with van der Waals surface area (Å²) < 4.78 is 5.69. The summed E-state index contributed by atoms with van der Waals surface area (Å²) in [6.45, 7) is 5.82. The Morgan fingerprint density at radius 3 is 2.67 bits per heavy atom. The third-order valence-electron chi connectivity index (χ3n) is 2.84. The van der Waals surface area contributed by atoms with Crippen molar-refractivity contribution in [1.29, 1.82) is 0 Å². The third-order valence-corrected chi connectivity index (χ3v) is 2.84. The molecule has 21 heavy (non-hydrogen) atoms. The summed E-state index contributed by atoms with van der Waals surface area (Å²) in [4.78, 5) is 4.20. The zero-order valence-electron chi connectivity index (χ0n) is 12.6. The Morgan fingerprint density at radius 1 is 1.29 bits per heavy atom. The first kappa shape index (κ1) is 15.1. The van der Waals surface area contributed by atoms with Crippen LogP contribution >= 0.6 is 0 Å². The Balaban J connectivity index is 2.12. The third kappa shape index (κ3) is 4.65. The quantitative estimate of drug-likeness (QED) is 0.737. The van der Waals surface area contributed by atoms with Crippen LogP contribution in [0.2, 0.25) is 0 Å². The molecule has 2 rings (SSSR count). The fourth-order valence-electron chi connectivity index (χ4n) is 1.70. The van der Waals surface area contributed by atoms with Gasteiger partial charge in [-0.2, -0.15) is 0 Å². The summed E-state index contributed by atoms with van der Waals surface area (Å²) >= 11 is 0. The minimum absolute atomic E-state index is 0.392. The summed E-state index contributed by atoms with van der Waals surface area (Å²) in [5.74, 6) is 1.16. The van der Waals surface area contributed by atoms with E-state index < -0.39 is 5.60 Å². The van der Waals surface area contributed by atoms with E-state index in [0.717, 1.165) is 11.3 Å². The van der Waals surface area contributed by atoms with E-state index in [9.17, 15) is 5.11 Å². The molecule has 1 heterocycles. The number of rotatable bonds is 5. The number of pyridine rings is 1. The number of ether oxygens (including phenoxy) is 1. The van der Waals surface area contributed by atoms with Gasteiger partial charge in [0.05, 0.1) is 17.0 Å². The molecule has 0 aliphatic heterocycles. The molecule has 0 atom stereocenters. The van der Waals surface area contributed by atoms with E-state index in [1.165, 1.54) is 0 Å². The van der Waals surface area contributed by atoms with Crippen LogP contribution in [-0.4, -0.2) is 22.2 Å². The molecule has 5 nitrogen and oxygen atoms in total. The van der Waals surface area contributed by atoms with E-state index in [2.05, 4.69) is 10.3 Å². The standard InChI is InChI=1S/C16H21N3O2/c1-11-4-7-15(18-9-11)21-12-5-6-13(17)14(8-12)19-10-16(2,3)20/h4-9,19-20H,10,17H2,1-3H3. The average Bonchev–Trinajstić information content (AvgIpc) is 2.41. The van der Waals surface area contributed by atoms with Crippen LogP contribution in [0.3, 0.4) is 0 Å². The Morgan fingerprint density at radius 2 is 2.05 bits per heavy atom. The molecule has 0 saturated carbocycles. The van der Waals surface area contributed by atoms with Crippen LogP contribution in [0.25, 0.3) is 0 Å². The van der Waals surface area contributed by atoms with E-state index in [1.54, 1.807) is 38.2 Å². The molecule has 0 unspecified atom stereocenters. The number of hydrogen-bond acceptors (Lipinski definition) is 5. The van der Waals surface area contributed by atoms with Gasteiger partial charge >= 0.3 is 0 Å². The first-order chi connectivity index (χ1) is 9.83. The summed E-state index contributed by atoms with van der Waals surface area (Å²) in [6, 6.07) is 9.09. The maximum Gasteiger partial charge on any atom is 0.219 e. The maximum atomic E-state index is 9.76. The zero-order chi connectivity index (χ0) is 15.5. The average molecular weight is 287 g/mol. The molecule has 5 heteroatoms. The summed E-state index contributed by atoms with van der Waals surface area (Å²) in [5, 5.41) is 12.9. The van der Waals surface area contributed by atoms with Crippen molar-refractivity contribution in [3.8, 4) is 11.6 Å². The monoisotopic (exact) mass is 287 g/mol. The van der Waals surface area contributed by atoms with Crippen LogP contribution < -0.4 is 15.8 Å². The molecule has 0 radical (unpaired) electrons. The second kappa shape index (κ2) is 6.01. The van der Waals surface area contributed by atoms with Crippen LogP contribution in [-0.2, 0) is 0 Å². The van der Waals surface area contributed by atoms with Crippen LogP contribution in [0, 0.1) is 6.92 Å². The molecule has 0 spiro atoms. The van der Waals surface area contributed by atoms with Crippen molar-refractivity contribution in [1.82, 2.24) is 4.98 Å². The zero-order valence-corrected chi connectivity index (χ0v) is 12.6. The van der Waals surface area contributed by atoms with Gasteiger partial charge in [0.25, 0.3) is 0 Å². The summed E-state index contributed by atoms with van der Waals surface area (Å²) in [6.07, 6.45) is 1.75. The highest BCUT2D eigenvalue weighted by atomic mass is 16.5. The molecule has 0 amide bonds. The summed E-state index contributed by atoms with van der Waals surface area (Å²) in [7, 11) is 0. The molecular formula is C16H21N3O2. The highest BCUT2D eigenvalue weighted by Gasteiger charge is 2.13. The number of nitrogen functional groups attached to an aromatic ring is 1. The number of aromatic nitrogens is 1. The normalized spacial score (nSPS) is 11.2. The number of aryl methyl sites for hydroxylation is 1. The fourth-order valence-corrected chi connectivity index (χ4v) is 1.70. The maximum absolute atomic E-state index is 9.76. The van der Waals surface area contributed by atoms with E-state index >= 15 is 0 Å². The smallest absolute Gasteiger partial charge is 0.219 e. The van der Waals surface area contributed by atoms with Gasteiger partial charge in [-0.05, 0) is 38.5 Å². The number of anilines is 2. The van der Waals surface area contributed by atoms with Crippen molar-refractivity contribution in [2.45, 2.75) is 26.4 Å². The molecule has 4 N–H and O–H groups in total. The largest absolute Gasteiger partial charge is 0.439 e. The lowest BCUT2D eigenvalue weighted by molar-refractivity contribution is 0.0945. The van der Waals surface area contributed by atoms with Crippen LogP contribution in [0.1, 0.15) is 19.4 Å². The van der Waals surface area contributed by atoms with Crippen molar-refractivity contribution >= 4 is 11.4 Å². The Hall–Kier alpha value is -2.27. The molecule has 1 aromatic carbocycles. The highest BCUT2D eigenvalue weighted by Crippen LogP contribution is 2.28. The molecule has 112 valence electrons. The van der Waals surface area contributed by atoms with Gasteiger partial charge in [0.2, 0.25) is 5.88 Å². The molecule has 1 aromatic heterocycles. The minimum atomic E-state index is -0.818. The van der Waals surface area contributed by atoms with E-state index in [0.29, 0.717) is 23.9 Å². The van der Waals surface area contributed by atoms with Crippen LogP contribution in [0.5, 0.6) is 11.6 Å². The Labute approximate surface area is 124 Å². The van der Waals surface area contributed by atoms with Crippen LogP contribution in [0.4, 0.5) is 11.4 Å². The van der Waals surface area contributed by atoms with Gasteiger partial charge in [-0.1, -0.05) is 6.07 Å². The molecule has 2 aromatic rings. The van der Waals surface area contributed by atoms with Crippen molar-refractivity contribution in [2.75, 3.05) is 17.6 Å². The number of benzene rings is 1. The van der Waals surface area contributed by atoms with Crippen molar-refractivity contribution in [3.63, 3.8) is 0 Å². The van der Waals surface area contributed by atoms with E-state index in [4.69, 9.17) is 10.5 Å². The first-order valence-electron chi connectivity index (χ1n) is 6.80. The van der Waals surface area contributed by atoms with Crippen molar-refractivity contribution < 1.29 is 9.84 Å². The second-order valence-electron chi connectivity index (χ2n) is 5.69. The fraction of sp³-hybridized carbons (Fsp3) is 0.312. The van der Waals surface area contributed by atoms with E-state index in [1.807, 2.05) is 19.1 Å². The number of nitrogens with zero attached hydrogens (tertiary/aromatic N) is 1. The molecule has 0 aliphatic carbocycles. The number of aliphatic hydroxyl groups is 1. The van der Waals surface area contributed by atoms with Crippen molar-refractivity contribution in [3.05, 3.63) is 42.1 Å². The SMILES string of the molecule is Cc1ccc(Oc2ccc(N)c(NCC(C)(C)O)c2)nc1. The lowest BCUT2D eigenvalue weighted by atomic mass is 10.1. The van der Waals surface area contributed by atoms with Crippen LogP contribution in [0.15, 0.2) is 36.5 Å². The number of hydrogen-bond donors (Lipinski definition) is 3. The second-order valence-corrected chi connectivity index (χ2v) is 5.69. The molecular weight excluding hydrogens is 266 g/mol. The molecule has 0 saturated heterocycles. The van der Waals surface area contributed by atoms with E-state index in [-0.39, 0.29) is 0 Å². The van der Waals surface area contributed by atoms with Gasteiger partial charge < -0.3 is 20.9 Å². The van der Waals surface area contributed by atoms with Gasteiger partial charge in [-0.3, -0.25) is 0 Å². The van der Waals surface area contributed by atoms with Gasteiger partial charge in [0.1, 0.15) is 5.75 Å². The predicted molar refractivity (Wildman–Crippen MR) is 84.7 cm³/mol. The lowest BCUT2D eigenvalue weighted by Gasteiger charge is -2.19. The Bertz CT molecular complexity index is 604. The minimum Gasteiger partial charge on any atom is -0.439 e. The summed E-state index contributed by atoms with van der Waals surface area (Å²) in [5.41, 5.74) is 7.50. The van der Waals surface area contributed by atoms with Gasteiger partial charge in [0, 0.05) is 24.9 Å². The molecule has 0 bridgehead atoms. The van der Waals surface area contributed by atoms with Crippen molar-refractivity contribution in [2.24, 2.45) is 0 Å². The first-order valence-corrected chi connectivity index (χ1v) is 6.80. The predicted octanol–water partition coefficient (Wildman–Crippen LogP) is 2.95. The van der Waals surface area contributed by atoms with Gasteiger partial charge in [-0.15, -0.1) is 0 Å². The number of nitrogens with one attached hydrogen (secondary N) is 1. The topological polar surface area (TPSA) is 80.4 Å². The lowest BCUT2D eigenvalue weighted by Crippen LogP contribution is -2.29. The Kier molecular flexibility index (Phi) is 4.33. The molecule has 0 fully saturated rings. The number of nitrogens with two attached hydrogens (primary N) is 1. The highest BCUT2D eigenvalue weighted by molar-refractivity contribution is 5.68. The molecule has 0 aliphatic rings. The van der Waals surface area contributed by atoms with Gasteiger partial charge in [0.15, 0.2) is 0 Å².